The number of carbonyl (C=O) groups is 2. The zero-order chi connectivity index (χ0) is 22.7. The average molecular weight is 454 g/mol. The van der Waals surface area contributed by atoms with Gasteiger partial charge in [-0.15, -0.1) is 0 Å². The zero-order valence-electron chi connectivity index (χ0n) is 17.5. The number of halogens is 2. The van der Waals surface area contributed by atoms with Gasteiger partial charge >= 0.3 is 0 Å². The van der Waals surface area contributed by atoms with Crippen LogP contribution in [0.4, 0.5) is 8.78 Å². The number of benzene rings is 1. The van der Waals surface area contributed by atoms with Gasteiger partial charge in [0.05, 0.1) is 6.04 Å². The molecule has 11 heteroatoms. The van der Waals surface area contributed by atoms with Crippen LogP contribution in [0.5, 0.6) is 0 Å². The lowest BCUT2D eigenvalue weighted by molar-refractivity contribution is -0.142. The molecule has 0 unspecified atom stereocenters. The van der Waals surface area contributed by atoms with Crippen LogP contribution in [0.25, 0.3) is 5.78 Å². The molecule has 0 radical (unpaired) electrons. The molecule has 5 heterocycles. The summed E-state index contributed by atoms with van der Waals surface area (Å²) in [6.07, 6.45) is 4.44. The number of hydrogen-bond donors (Lipinski definition) is 0. The summed E-state index contributed by atoms with van der Waals surface area (Å²) in [5.74, 6) is -1.41. The summed E-state index contributed by atoms with van der Waals surface area (Å²) in [6.45, 7) is 0.674. The Balaban J connectivity index is 1.18. The molecule has 3 aromatic rings. The fraction of sp³-hybridized carbons (Fsp3) is 0.409. The number of fused-ring (bicyclic) bond motifs is 2. The number of rotatable bonds is 2. The maximum atomic E-state index is 13.8. The Hall–Kier alpha value is -3.47. The predicted molar refractivity (Wildman–Crippen MR) is 109 cm³/mol. The van der Waals surface area contributed by atoms with E-state index in [9.17, 15) is 18.4 Å². The number of ether oxygens (including phenoxy) is 1. The summed E-state index contributed by atoms with van der Waals surface area (Å²) < 4.78 is 35.2. The van der Waals surface area contributed by atoms with E-state index in [1.54, 1.807) is 22.1 Å². The lowest BCUT2D eigenvalue weighted by Crippen LogP contribution is -2.51. The Morgan fingerprint density at radius 2 is 1.88 bits per heavy atom. The van der Waals surface area contributed by atoms with Gasteiger partial charge < -0.3 is 14.5 Å². The minimum Gasteiger partial charge on any atom is -0.342 e. The van der Waals surface area contributed by atoms with Gasteiger partial charge in [-0.25, -0.2) is 18.3 Å². The Morgan fingerprint density at radius 3 is 2.64 bits per heavy atom. The molecular weight excluding hydrogens is 434 g/mol. The largest absolute Gasteiger partial charge is 0.342 e. The first-order valence-electron chi connectivity index (χ1n) is 10.9. The Kier molecular flexibility index (Phi) is 4.44. The average Bonchev–Trinajstić information content (AvgIpc) is 3.49. The summed E-state index contributed by atoms with van der Waals surface area (Å²) in [5, 5.41) is 3.97. The minimum absolute atomic E-state index is 0.172. The molecule has 2 atom stereocenters. The zero-order valence-corrected chi connectivity index (χ0v) is 17.5. The highest BCUT2D eigenvalue weighted by molar-refractivity contribution is 5.93. The van der Waals surface area contributed by atoms with Crippen molar-refractivity contribution in [2.75, 3.05) is 13.1 Å². The van der Waals surface area contributed by atoms with E-state index >= 15 is 0 Å². The second-order valence-corrected chi connectivity index (χ2v) is 8.68. The number of hydrogen-bond acceptors (Lipinski definition) is 6. The predicted octanol–water partition coefficient (Wildman–Crippen LogP) is 2.10. The smallest absolute Gasteiger partial charge is 0.272 e. The van der Waals surface area contributed by atoms with Crippen LogP contribution in [0, 0.1) is 11.6 Å². The van der Waals surface area contributed by atoms with Crippen LogP contribution < -0.4 is 0 Å². The van der Waals surface area contributed by atoms with Gasteiger partial charge in [0.2, 0.25) is 0 Å². The van der Waals surface area contributed by atoms with Gasteiger partial charge in [-0.05, 0) is 36.6 Å². The number of likely N-dealkylation sites (tertiary alicyclic amines) is 1. The standard InChI is InChI=1S/C22H20F2N6O3/c23-14-9-13(10-15(24)11-14)17-1-2-18-30(17)20(32)22(33-18)4-7-28(8-5-22)19(31)16-3-6-29-21(27-16)25-12-26-29/h3,6,9-12,17-18H,1-2,4-5,7-8H2/t17-,18+/m0/s1. The summed E-state index contributed by atoms with van der Waals surface area (Å²) in [7, 11) is 0. The number of amides is 2. The topological polar surface area (TPSA) is 92.9 Å². The summed E-state index contributed by atoms with van der Waals surface area (Å²) in [4.78, 5) is 37.9. The van der Waals surface area contributed by atoms with Crippen molar-refractivity contribution in [2.24, 2.45) is 0 Å². The first-order chi connectivity index (χ1) is 15.9. The fourth-order valence-electron chi connectivity index (χ4n) is 5.21. The summed E-state index contributed by atoms with van der Waals surface area (Å²) >= 11 is 0. The molecule has 3 saturated heterocycles. The molecule has 0 N–H and O–H groups in total. The second-order valence-electron chi connectivity index (χ2n) is 8.68. The molecule has 1 spiro atoms. The third-order valence-corrected chi connectivity index (χ3v) is 6.81. The van der Waals surface area contributed by atoms with E-state index in [0.29, 0.717) is 50.1 Å². The number of nitrogens with zero attached hydrogens (tertiary/aromatic N) is 6. The van der Waals surface area contributed by atoms with Crippen LogP contribution in [-0.2, 0) is 9.53 Å². The second kappa shape index (κ2) is 7.27. The third kappa shape index (κ3) is 3.17. The molecule has 3 aliphatic heterocycles. The van der Waals surface area contributed by atoms with Crippen molar-refractivity contribution in [2.45, 2.75) is 43.6 Å². The molecule has 170 valence electrons. The first kappa shape index (κ1) is 20.2. The van der Waals surface area contributed by atoms with E-state index in [0.717, 1.165) is 6.07 Å². The van der Waals surface area contributed by atoms with Crippen molar-refractivity contribution in [3.8, 4) is 0 Å². The highest BCUT2D eigenvalue weighted by Crippen LogP contribution is 2.47. The van der Waals surface area contributed by atoms with Crippen LogP contribution in [-0.4, -0.2) is 66.1 Å². The summed E-state index contributed by atoms with van der Waals surface area (Å²) in [6, 6.07) is 4.53. The molecule has 0 aliphatic carbocycles. The molecule has 0 bridgehead atoms. The van der Waals surface area contributed by atoms with Gasteiger partial charge in [-0.2, -0.15) is 10.1 Å². The quantitative estimate of drug-likeness (QED) is 0.589. The van der Waals surface area contributed by atoms with E-state index in [2.05, 4.69) is 15.1 Å². The maximum absolute atomic E-state index is 13.8. The van der Waals surface area contributed by atoms with Crippen molar-refractivity contribution in [3.05, 3.63) is 59.7 Å². The van der Waals surface area contributed by atoms with Crippen LogP contribution in [0.2, 0.25) is 0 Å². The maximum Gasteiger partial charge on any atom is 0.272 e. The van der Waals surface area contributed by atoms with E-state index < -0.39 is 29.5 Å². The third-order valence-electron chi connectivity index (χ3n) is 6.81. The summed E-state index contributed by atoms with van der Waals surface area (Å²) in [5.41, 5.74) is -0.318. The molecule has 6 rings (SSSR count). The molecule has 2 amide bonds. The number of aromatic nitrogens is 4. The SMILES string of the molecule is O=C(c1ccn2ncnc2n1)N1CCC2(CC1)O[C@@H]1CC[C@@H](c3cc(F)cc(F)c3)N1C2=O. The number of carbonyl (C=O) groups excluding carboxylic acids is 2. The highest BCUT2D eigenvalue weighted by Gasteiger charge is 2.58. The van der Waals surface area contributed by atoms with Gasteiger partial charge in [0, 0.05) is 38.2 Å². The molecular formula is C22H20F2N6O3. The highest BCUT2D eigenvalue weighted by atomic mass is 19.1. The van der Waals surface area contributed by atoms with Crippen LogP contribution in [0.15, 0.2) is 36.8 Å². The molecule has 0 saturated carbocycles. The molecule has 9 nitrogen and oxygen atoms in total. The van der Waals surface area contributed by atoms with Crippen LogP contribution in [0.1, 0.15) is 47.8 Å². The fourth-order valence-corrected chi connectivity index (χ4v) is 5.21. The normalized spacial score (nSPS) is 24.1. The van der Waals surface area contributed by atoms with Crippen molar-refractivity contribution in [1.82, 2.24) is 29.4 Å². The van der Waals surface area contributed by atoms with E-state index in [1.807, 2.05) is 0 Å². The Bertz CT molecular complexity index is 1250. The molecule has 2 aromatic heterocycles. The van der Waals surface area contributed by atoms with Gasteiger partial charge in [-0.3, -0.25) is 9.59 Å². The van der Waals surface area contributed by atoms with Gasteiger partial charge in [-0.1, -0.05) is 0 Å². The molecule has 3 aliphatic rings. The van der Waals surface area contributed by atoms with E-state index in [-0.39, 0.29) is 17.5 Å². The molecule has 1 aromatic carbocycles. The van der Waals surface area contributed by atoms with Crippen LogP contribution in [0.3, 0.4) is 0 Å². The molecule has 3 fully saturated rings. The monoisotopic (exact) mass is 454 g/mol. The van der Waals surface area contributed by atoms with Crippen molar-refractivity contribution in [3.63, 3.8) is 0 Å². The van der Waals surface area contributed by atoms with Crippen molar-refractivity contribution in [1.29, 1.82) is 0 Å². The van der Waals surface area contributed by atoms with Crippen molar-refractivity contribution >= 4 is 17.6 Å². The van der Waals surface area contributed by atoms with Gasteiger partial charge in [0.25, 0.3) is 17.6 Å². The molecule has 33 heavy (non-hydrogen) atoms. The van der Waals surface area contributed by atoms with E-state index in [4.69, 9.17) is 4.74 Å². The van der Waals surface area contributed by atoms with Gasteiger partial charge in [0.15, 0.2) is 5.60 Å². The Morgan fingerprint density at radius 1 is 1.12 bits per heavy atom. The lowest BCUT2D eigenvalue weighted by atomic mass is 9.89. The van der Waals surface area contributed by atoms with Crippen molar-refractivity contribution < 1.29 is 23.1 Å². The minimum atomic E-state index is -1.02. The van der Waals surface area contributed by atoms with Crippen LogP contribution >= 0.6 is 0 Å². The first-order valence-corrected chi connectivity index (χ1v) is 10.9. The Labute approximate surface area is 187 Å². The van der Waals surface area contributed by atoms with Gasteiger partial charge in [0.1, 0.15) is 29.9 Å². The number of piperidine rings is 1. The lowest BCUT2D eigenvalue weighted by Gasteiger charge is -2.37. The van der Waals surface area contributed by atoms with E-state index in [1.165, 1.54) is 23.0 Å².